The fraction of sp³-hybridized carbons (Fsp3) is 0.233. The van der Waals surface area contributed by atoms with Crippen molar-refractivity contribution in [2.75, 3.05) is 27.8 Å². The number of esters is 1. The minimum atomic E-state index is -3.94. The second-order valence-electron chi connectivity index (χ2n) is 9.69. The van der Waals surface area contributed by atoms with E-state index >= 15 is 0 Å². The Morgan fingerprint density at radius 1 is 0.974 bits per heavy atom. The predicted octanol–water partition coefficient (Wildman–Crippen LogP) is 5.16. The van der Waals surface area contributed by atoms with E-state index in [1.165, 1.54) is 7.11 Å². The molecule has 0 saturated carbocycles. The van der Waals surface area contributed by atoms with E-state index in [-0.39, 0.29) is 22.3 Å². The summed E-state index contributed by atoms with van der Waals surface area (Å²) < 4.78 is 49.9. The van der Waals surface area contributed by atoms with Crippen LogP contribution in [0.5, 0.6) is 11.5 Å². The lowest BCUT2D eigenvalue weighted by Crippen LogP contribution is -2.30. The number of rotatable bonds is 5. The van der Waals surface area contributed by atoms with Crippen molar-refractivity contribution in [1.82, 2.24) is 4.90 Å². The minimum Gasteiger partial charge on any atom is -0.496 e. The van der Waals surface area contributed by atoms with Crippen LogP contribution in [0, 0.1) is 0 Å². The fourth-order valence-corrected chi connectivity index (χ4v) is 7.15. The molecule has 1 aromatic heterocycles. The van der Waals surface area contributed by atoms with Crippen molar-refractivity contribution in [3.05, 3.63) is 94.1 Å². The van der Waals surface area contributed by atoms with Crippen molar-refractivity contribution in [1.29, 1.82) is 0 Å². The third-order valence-corrected chi connectivity index (χ3v) is 9.01. The van der Waals surface area contributed by atoms with Crippen molar-refractivity contribution in [2.45, 2.75) is 23.8 Å². The summed E-state index contributed by atoms with van der Waals surface area (Å²) in [5.41, 5.74) is 4.02. The van der Waals surface area contributed by atoms with Crippen LogP contribution in [0.4, 0.5) is 0 Å². The third kappa shape index (κ3) is 4.18. The maximum Gasteiger partial charge on any atom is 0.343 e. The molecule has 0 aliphatic carbocycles. The maximum atomic E-state index is 13.6. The van der Waals surface area contributed by atoms with Gasteiger partial charge < -0.3 is 18.6 Å². The van der Waals surface area contributed by atoms with E-state index in [0.717, 1.165) is 28.3 Å². The first-order chi connectivity index (χ1) is 18.8. The van der Waals surface area contributed by atoms with Gasteiger partial charge >= 0.3 is 5.97 Å². The molecular formula is C30H27NO7S. The summed E-state index contributed by atoms with van der Waals surface area (Å²) in [7, 11) is 1.12. The number of carbonyl (C=O) groups is 1. The Labute approximate surface area is 226 Å². The van der Waals surface area contributed by atoms with E-state index in [1.807, 2.05) is 19.2 Å². The van der Waals surface area contributed by atoms with Crippen molar-refractivity contribution in [3.8, 4) is 11.5 Å². The molecule has 0 bridgehead atoms. The molecular weight excluding hydrogens is 518 g/mol. The van der Waals surface area contributed by atoms with Crippen LogP contribution >= 0.6 is 0 Å². The molecule has 9 heteroatoms. The van der Waals surface area contributed by atoms with Gasteiger partial charge in [0.25, 0.3) is 0 Å². The van der Waals surface area contributed by atoms with Gasteiger partial charge in [0.1, 0.15) is 5.75 Å². The lowest BCUT2D eigenvalue weighted by Gasteiger charge is -2.32. The Bertz CT molecular complexity index is 1740. The van der Waals surface area contributed by atoms with Gasteiger partial charge in [0, 0.05) is 18.0 Å². The number of ether oxygens (including phenoxy) is 3. The van der Waals surface area contributed by atoms with Gasteiger partial charge in [-0.15, -0.1) is 0 Å². The molecule has 4 aromatic rings. The summed E-state index contributed by atoms with van der Waals surface area (Å²) in [4.78, 5) is 15.1. The Morgan fingerprint density at radius 3 is 2.46 bits per heavy atom. The molecule has 0 radical (unpaired) electrons. The molecule has 3 heterocycles. The summed E-state index contributed by atoms with van der Waals surface area (Å²) in [6.07, 6.45) is 3.04. The average molecular weight is 546 g/mol. The molecule has 0 fully saturated rings. The summed E-state index contributed by atoms with van der Waals surface area (Å²) in [5, 5.41) is 2.03. The number of benzene rings is 3. The van der Waals surface area contributed by atoms with Gasteiger partial charge in [-0.2, -0.15) is 0 Å². The first kappa shape index (κ1) is 25.2. The summed E-state index contributed by atoms with van der Waals surface area (Å²) in [5.74, 6) is 0.287. The molecule has 3 aromatic carbocycles. The normalized spacial score (nSPS) is 18.1. The van der Waals surface area contributed by atoms with E-state index in [0.29, 0.717) is 41.2 Å². The monoisotopic (exact) mass is 545 g/mol. The molecule has 2 aliphatic rings. The van der Waals surface area contributed by atoms with Crippen LogP contribution < -0.4 is 9.47 Å². The van der Waals surface area contributed by atoms with E-state index in [4.69, 9.17) is 18.6 Å². The Hall–Kier alpha value is -4.08. The van der Waals surface area contributed by atoms with Crippen LogP contribution in [0.15, 0.2) is 75.6 Å². The van der Waals surface area contributed by atoms with Gasteiger partial charge in [-0.05, 0) is 60.8 Å². The van der Waals surface area contributed by atoms with Crippen molar-refractivity contribution >= 4 is 32.5 Å². The number of likely N-dealkylation sites (N-methyl/N-ethyl adjacent to an activating group) is 1. The van der Waals surface area contributed by atoms with Crippen LogP contribution in [-0.2, 0) is 27.4 Å². The van der Waals surface area contributed by atoms with Gasteiger partial charge in [-0.25, -0.2) is 13.2 Å². The van der Waals surface area contributed by atoms with E-state index in [9.17, 15) is 13.2 Å². The molecule has 1 atom stereocenters. The molecule has 8 nitrogen and oxygen atoms in total. The summed E-state index contributed by atoms with van der Waals surface area (Å²) in [6.45, 7) is 0.681. The van der Waals surface area contributed by atoms with Crippen LogP contribution in [0.3, 0.4) is 0 Å². The van der Waals surface area contributed by atoms with Gasteiger partial charge in [-0.3, -0.25) is 4.90 Å². The Kier molecular flexibility index (Phi) is 6.20. The van der Waals surface area contributed by atoms with Crippen LogP contribution in [0.2, 0.25) is 0 Å². The number of carbonyl (C=O) groups excluding carboxylic acids is 1. The van der Waals surface area contributed by atoms with Crippen molar-refractivity contribution in [3.63, 3.8) is 0 Å². The van der Waals surface area contributed by atoms with Gasteiger partial charge in [-0.1, -0.05) is 30.3 Å². The number of nitrogens with zero attached hydrogens (tertiary/aromatic N) is 1. The molecule has 200 valence electrons. The quantitative estimate of drug-likeness (QED) is 0.317. The van der Waals surface area contributed by atoms with Gasteiger partial charge in [0.15, 0.2) is 17.1 Å². The highest BCUT2D eigenvalue weighted by Gasteiger charge is 2.38. The molecule has 2 aliphatic heterocycles. The first-order valence-electron chi connectivity index (χ1n) is 12.5. The molecule has 39 heavy (non-hydrogen) atoms. The Morgan fingerprint density at radius 2 is 1.72 bits per heavy atom. The first-order valence-corrected chi connectivity index (χ1v) is 14.1. The molecule has 0 saturated heterocycles. The van der Waals surface area contributed by atoms with Crippen LogP contribution in [-0.4, -0.2) is 47.1 Å². The highest BCUT2D eigenvalue weighted by Crippen LogP contribution is 2.46. The molecule has 0 amide bonds. The fourth-order valence-electron chi connectivity index (χ4n) is 5.56. The van der Waals surface area contributed by atoms with Gasteiger partial charge in [0.05, 0.1) is 41.9 Å². The number of hydrogen-bond acceptors (Lipinski definition) is 8. The molecule has 0 spiro atoms. The largest absolute Gasteiger partial charge is 0.496 e. The standard InChI is InChI=1S/C30H27NO7S/c1-31-14-13-20-16-37-28-24(36-3)11-9-19(26(20)28)15-22(31)21-10-12-23(35-2)27-25(17-39(33,34)29(21)27)38-30(32)18-7-5-4-6-8-18/h4-12,16-17,22H,13-15H2,1-3H3. The van der Waals surface area contributed by atoms with Gasteiger partial charge in [0.2, 0.25) is 9.84 Å². The molecule has 6 rings (SSSR count). The number of furan rings is 1. The molecule has 0 N–H and O–H groups in total. The number of fused-ring (bicyclic) bond motifs is 1. The number of sulfone groups is 1. The minimum absolute atomic E-state index is 0.0463. The zero-order chi connectivity index (χ0) is 27.3. The number of hydrogen-bond donors (Lipinski definition) is 0. The van der Waals surface area contributed by atoms with E-state index < -0.39 is 15.8 Å². The zero-order valence-corrected chi connectivity index (χ0v) is 22.6. The third-order valence-electron chi connectivity index (χ3n) is 7.48. The van der Waals surface area contributed by atoms with E-state index in [1.54, 1.807) is 55.8 Å². The summed E-state index contributed by atoms with van der Waals surface area (Å²) >= 11 is 0. The van der Waals surface area contributed by atoms with Crippen molar-refractivity contribution < 1.29 is 31.8 Å². The smallest absolute Gasteiger partial charge is 0.343 e. The highest BCUT2D eigenvalue weighted by atomic mass is 32.2. The Balaban J connectivity index is 1.47. The highest BCUT2D eigenvalue weighted by molar-refractivity contribution is 7.95. The predicted molar refractivity (Wildman–Crippen MR) is 146 cm³/mol. The zero-order valence-electron chi connectivity index (χ0n) is 21.8. The number of methoxy groups -OCH3 is 2. The SMILES string of the molecule is COc1ccc(C2Cc3ccc(OC)c4occ(c34)CCN2C)c2c1C(OC(=O)c1ccccc1)=CS2(=O)=O. The topological polar surface area (TPSA) is 95.3 Å². The van der Waals surface area contributed by atoms with Crippen LogP contribution in [0.1, 0.15) is 38.7 Å². The summed E-state index contributed by atoms with van der Waals surface area (Å²) in [6, 6.07) is 15.6. The second kappa shape index (κ2) is 9.59. The maximum absolute atomic E-state index is 13.6. The van der Waals surface area contributed by atoms with Crippen molar-refractivity contribution in [2.24, 2.45) is 0 Å². The average Bonchev–Trinajstić information content (AvgIpc) is 3.48. The van der Waals surface area contributed by atoms with E-state index in [2.05, 4.69) is 4.90 Å². The van der Waals surface area contributed by atoms with Crippen LogP contribution in [0.25, 0.3) is 16.7 Å². The molecule has 1 unspecified atom stereocenters. The second-order valence-corrected chi connectivity index (χ2v) is 11.4. The lowest BCUT2D eigenvalue weighted by atomic mass is 9.90. The lowest BCUT2D eigenvalue weighted by molar-refractivity contribution is 0.0692.